The number of aromatic nitrogens is 1. The lowest BCUT2D eigenvalue weighted by Crippen LogP contribution is -2.36. The summed E-state index contributed by atoms with van der Waals surface area (Å²) in [6.07, 6.45) is 2.03. The Hall–Kier alpha value is -1.66. The summed E-state index contributed by atoms with van der Waals surface area (Å²) >= 11 is 0. The summed E-state index contributed by atoms with van der Waals surface area (Å²) in [5, 5.41) is 2.69. The number of carbonyl (C=O) groups excluding carboxylic acids is 1. The van der Waals surface area contributed by atoms with Crippen molar-refractivity contribution in [2.24, 2.45) is 5.73 Å². The lowest BCUT2D eigenvalue weighted by Gasteiger charge is -2.11. The number of nitrogens with two attached hydrogens (primary N) is 1. The van der Waals surface area contributed by atoms with Gasteiger partial charge in [0.2, 0.25) is 11.8 Å². The molecule has 1 atom stereocenters. The smallest absolute Gasteiger partial charge is 0.241 e. The molecule has 0 aliphatic heterocycles. The molecule has 1 aromatic heterocycles. The Morgan fingerprint density at radius 1 is 1.59 bits per heavy atom. The van der Waals surface area contributed by atoms with E-state index in [1.54, 1.807) is 25.4 Å². The summed E-state index contributed by atoms with van der Waals surface area (Å²) < 4.78 is 9.81. The summed E-state index contributed by atoms with van der Waals surface area (Å²) in [5.74, 6) is 0.184. The van der Waals surface area contributed by atoms with Crippen LogP contribution in [0.4, 0.5) is 5.69 Å². The van der Waals surface area contributed by atoms with E-state index in [-0.39, 0.29) is 5.91 Å². The van der Waals surface area contributed by atoms with Gasteiger partial charge in [-0.25, -0.2) is 4.98 Å². The average molecular weight is 239 g/mol. The second-order valence-electron chi connectivity index (χ2n) is 3.46. The fourth-order valence-corrected chi connectivity index (χ4v) is 1.21. The SMILES string of the molecule is COCCC(N)C(=O)Nc1ccnc(OC)c1. The highest BCUT2D eigenvalue weighted by Crippen LogP contribution is 2.13. The molecule has 1 unspecified atom stereocenters. The van der Waals surface area contributed by atoms with Crippen LogP contribution < -0.4 is 15.8 Å². The number of hydrogen-bond donors (Lipinski definition) is 2. The van der Waals surface area contributed by atoms with Crippen LogP contribution in [-0.2, 0) is 9.53 Å². The summed E-state index contributed by atoms with van der Waals surface area (Å²) in [5.41, 5.74) is 6.29. The molecule has 6 heteroatoms. The van der Waals surface area contributed by atoms with Crippen molar-refractivity contribution in [3.63, 3.8) is 0 Å². The fourth-order valence-electron chi connectivity index (χ4n) is 1.21. The first-order valence-electron chi connectivity index (χ1n) is 5.22. The number of rotatable bonds is 6. The van der Waals surface area contributed by atoms with Crippen molar-refractivity contribution in [1.82, 2.24) is 4.98 Å². The predicted octanol–water partition coefficient (Wildman–Crippen LogP) is 0.392. The Morgan fingerprint density at radius 2 is 2.35 bits per heavy atom. The second-order valence-corrected chi connectivity index (χ2v) is 3.46. The number of anilines is 1. The Morgan fingerprint density at radius 3 is 3.00 bits per heavy atom. The van der Waals surface area contributed by atoms with Crippen LogP contribution in [0.2, 0.25) is 0 Å². The molecule has 0 bridgehead atoms. The van der Waals surface area contributed by atoms with Gasteiger partial charge in [0, 0.05) is 31.7 Å². The molecule has 0 spiro atoms. The number of amides is 1. The molecule has 0 saturated carbocycles. The summed E-state index contributed by atoms with van der Waals surface area (Å²) in [7, 11) is 3.08. The van der Waals surface area contributed by atoms with Crippen molar-refractivity contribution < 1.29 is 14.3 Å². The maximum absolute atomic E-state index is 11.7. The first kappa shape index (κ1) is 13.4. The van der Waals surface area contributed by atoms with Gasteiger partial charge in [-0.15, -0.1) is 0 Å². The molecule has 3 N–H and O–H groups in total. The molecule has 1 aromatic rings. The molecule has 0 radical (unpaired) electrons. The molecule has 0 saturated heterocycles. The average Bonchev–Trinajstić information content (AvgIpc) is 2.36. The van der Waals surface area contributed by atoms with E-state index in [1.165, 1.54) is 7.11 Å². The molecule has 1 rings (SSSR count). The number of hydrogen-bond acceptors (Lipinski definition) is 5. The van der Waals surface area contributed by atoms with Crippen LogP contribution in [0.3, 0.4) is 0 Å². The number of nitrogens with one attached hydrogen (secondary N) is 1. The highest BCUT2D eigenvalue weighted by molar-refractivity contribution is 5.94. The highest BCUT2D eigenvalue weighted by Gasteiger charge is 2.13. The monoisotopic (exact) mass is 239 g/mol. The van der Waals surface area contributed by atoms with Gasteiger partial charge in [-0.2, -0.15) is 0 Å². The Labute approximate surface area is 100 Å². The van der Waals surface area contributed by atoms with E-state index in [0.29, 0.717) is 24.6 Å². The van der Waals surface area contributed by atoms with Crippen LogP contribution in [0.5, 0.6) is 5.88 Å². The molecule has 1 heterocycles. The van der Waals surface area contributed by atoms with Gasteiger partial charge in [-0.05, 0) is 12.5 Å². The van der Waals surface area contributed by atoms with E-state index in [9.17, 15) is 4.79 Å². The van der Waals surface area contributed by atoms with E-state index < -0.39 is 6.04 Å². The zero-order valence-electron chi connectivity index (χ0n) is 9.97. The van der Waals surface area contributed by atoms with Crippen LogP contribution in [0, 0.1) is 0 Å². The molecule has 0 aliphatic carbocycles. The van der Waals surface area contributed by atoms with E-state index in [2.05, 4.69) is 10.3 Å². The third-order valence-corrected chi connectivity index (χ3v) is 2.18. The first-order valence-corrected chi connectivity index (χ1v) is 5.22. The van der Waals surface area contributed by atoms with Gasteiger partial charge >= 0.3 is 0 Å². The first-order chi connectivity index (χ1) is 8.17. The molecule has 17 heavy (non-hydrogen) atoms. The number of carbonyl (C=O) groups is 1. The largest absolute Gasteiger partial charge is 0.481 e. The van der Waals surface area contributed by atoms with Crippen molar-refractivity contribution in [3.8, 4) is 5.88 Å². The Kier molecular flexibility index (Phi) is 5.38. The zero-order valence-corrected chi connectivity index (χ0v) is 9.97. The van der Waals surface area contributed by atoms with Crippen LogP contribution in [0.15, 0.2) is 18.3 Å². The minimum Gasteiger partial charge on any atom is -0.481 e. The standard InChI is InChI=1S/C11H17N3O3/c1-16-6-4-9(12)11(15)14-8-3-5-13-10(7-8)17-2/h3,5,7,9H,4,6,12H2,1-2H3,(H,13,14,15). The van der Waals surface area contributed by atoms with E-state index in [0.717, 1.165) is 0 Å². The number of pyridine rings is 1. The molecular formula is C11H17N3O3. The molecule has 94 valence electrons. The van der Waals surface area contributed by atoms with Crippen molar-refractivity contribution in [2.45, 2.75) is 12.5 Å². The van der Waals surface area contributed by atoms with Gasteiger partial charge in [0.1, 0.15) is 0 Å². The summed E-state index contributed by atoms with van der Waals surface area (Å²) in [6, 6.07) is 2.71. The maximum atomic E-state index is 11.7. The highest BCUT2D eigenvalue weighted by atomic mass is 16.5. The van der Waals surface area contributed by atoms with Crippen LogP contribution in [0.1, 0.15) is 6.42 Å². The van der Waals surface area contributed by atoms with Gasteiger partial charge in [0.15, 0.2) is 0 Å². The third kappa shape index (κ3) is 4.38. The van der Waals surface area contributed by atoms with Gasteiger partial charge in [-0.1, -0.05) is 0 Å². The Balaban J connectivity index is 2.54. The number of ether oxygens (including phenoxy) is 2. The molecule has 6 nitrogen and oxygen atoms in total. The van der Waals surface area contributed by atoms with Gasteiger partial charge in [-0.3, -0.25) is 4.79 Å². The summed E-state index contributed by atoms with van der Waals surface area (Å²) in [4.78, 5) is 15.6. The topological polar surface area (TPSA) is 86.5 Å². The van der Waals surface area contributed by atoms with Crippen molar-refractivity contribution in [2.75, 3.05) is 26.1 Å². The normalized spacial score (nSPS) is 11.9. The van der Waals surface area contributed by atoms with E-state index in [1.807, 2.05) is 0 Å². The number of methoxy groups -OCH3 is 2. The molecule has 0 aromatic carbocycles. The van der Waals surface area contributed by atoms with Crippen molar-refractivity contribution in [1.29, 1.82) is 0 Å². The van der Waals surface area contributed by atoms with Crippen molar-refractivity contribution >= 4 is 11.6 Å². The second kappa shape index (κ2) is 6.82. The van der Waals surface area contributed by atoms with Gasteiger partial charge < -0.3 is 20.5 Å². The molecule has 1 amide bonds. The molecular weight excluding hydrogens is 222 g/mol. The quantitative estimate of drug-likeness (QED) is 0.750. The van der Waals surface area contributed by atoms with Gasteiger partial charge in [0.25, 0.3) is 0 Å². The third-order valence-electron chi connectivity index (χ3n) is 2.18. The summed E-state index contributed by atoms with van der Waals surface area (Å²) in [6.45, 7) is 0.453. The van der Waals surface area contributed by atoms with E-state index in [4.69, 9.17) is 15.2 Å². The predicted molar refractivity (Wildman–Crippen MR) is 63.9 cm³/mol. The molecule has 0 aliphatic rings. The van der Waals surface area contributed by atoms with E-state index >= 15 is 0 Å². The van der Waals surface area contributed by atoms with Crippen LogP contribution in [0.25, 0.3) is 0 Å². The van der Waals surface area contributed by atoms with Crippen LogP contribution >= 0.6 is 0 Å². The maximum Gasteiger partial charge on any atom is 0.241 e. The lowest BCUT2D eigenvalue weighted by molar-refractivity contribution is -0.117. The minimum atomic E-state index is -0.589. The minimum absolute atomic E-state index is 0.254. The van der Waals surface area contributed by atoms with Crippen LogP contribution in [-0.4, -0.2) is 37.8 Å². The molecule has 0 fully saturated rings. The lowest BCUT2D eigenvalue weighted by atomic mass is 10.2. The fraction of sp³-hybridized carbons (Fsp3) is 0.455. The number of nitrogens with zero attached hydrogens (tertiary/aromatic N) is 1. The zero-order chi connectivity index (χ0) is 12.7. The van der Waals surface area contributed by atoms with Gasteiger partial charge in [0.05, 0.1) is 13.2 Å². The van der Waals surface area contributed by atoms with Crippen molar-refractivity contribution in [3.05, 3.63) is 18.3 Å². The Bertz CT molecular complexity index is 371.